The summed E-state index contributed by atoms with van der Waals surface area (Å²) in [5.41, 5.74) is -0.547. The average molecular weight is 427 g/mol. The van der Waals surface area contributed by atoms with E-state index < -0.39 is 11.7 Å². The second-order valence-electron chi connectivity index (χ2n) is 7.49. The first-order chi connectivity index (χ1) is 12.1. The summed E-state index contributed by atoms with van der Waals surface area (Å²) in [7, 11) is 0. The van der Waals surface area contributed by atoms with Crippen LogP contribution in [0.25, 0.3) is 0 Å². The van der Waals surface area contributed by atoms with Crippen LogP contribution in [0.1, 0.15) is 41.0 Å². The summed E-state index contributed by atoms with van der Waals surface area (Å²) in [5, 5.41) is 0. The molecule has 0 saturated carbocycles. The van der Waals surface area contributed by atoms with Gasteiger partial charge in [0.2, 0.25) is 0 Å². The van der Waals surface area contributed by atoms with E-state index in [0.29, 0.717) is 18.8 Å². The summed E-state index contributed by atoms with van der Waals surface area (Å²) in [6.07, 6.45) is -0.0291. The topological polar surface area (TPSA) is 59.1 Å². The minimum absolute atomic E-state index is 0.117. The van der Waals surface area contributed by atoms with Crippen molar-refractivity contribution in [2.24, 2.45) is 0 Å². The lowest BCUT2D eigenvalue weighted by Crippen LogP contribution is -2.61. The smallest absolute Gasteiger partial charge is 0.415 e. The molecule has 1 heterocycles. The van der Waals surface area contributed by atoms with Crippen molar-refractivity contribution in [2.75, 3.05) is 13.1 Å². The number of hydrogen-bond donors (Lipinski definition) is 0. The molecule has 0 spiro atoms. The van der Waals surface area contributed by atoms with Gasteiger partial charge in [-0.1, -0.05) is 19.1 Å². The normalized spacial score (nSPS) is 20.7. The van der Waals surface area contributed by atoms with Crippen LogP contribution in [0.3, 0.4) is 0 Å². The molecule has 2 amide bonds. The van der Waals surface area contributed by atoms with E-state index in [1.54, 1.807) is 15.9 Å². The van der Waals surface area contributed by atoms with Gasteiger partial charge in [0, 0.05) is 13.1 Å². The first-order valence-corrected chi connectivity index (χ1v) is 9.64. The van der Waals surface area contributed by atoms with E-state index >= 15 is 0 Å². The summed E-state index contributed by atoms with van der Waals surface area (Å²) < 4.78 is 11.8. The first-order valence-electron chi connectivity index (χ1n) is 8.85. The number of hydrogen-bond acceptors (Lipinski definition) is 4. The molecular formula is C19H27BrN2O4. The van der Waals surface area contributed by atoms with Gasteiger partial charge in [0.1, 0.15) is 11.4 Å². The van der Waals surface area contributed by atoms with E-state index in [0.717, 1.165) is 10.9 Å². The van der Waals surface area contributed by atoms with Crippen LogP contribution in [0.2, 0.25) is 0 Å². The monoisotopic (exact) mass is 426 g/mol. The molecule has 26 heavy (non-hydrogen) atoms. The molecule has 6 nitrogen and oxygen atoms in total. The predicted octanol–water partition coefficient (Wildman–Crippen LogP) is 4.67. The number of para-hydroxylation sites is 1. The second-order valence-corrected chi connectivity index (χ2v) is 8.35. The van der Waals surface area contributed by atoms with Gasteiger partial charge >= 0.3 is 12.2 Å². The lowest BCUT2D eigenvalue weighted by Gasteiger charge is -2.44. The molecule has 0 radical (unpaired) electrons. The Morgan fingerprint density at radius 1 is 1.15 bits per heavy atom. The van der Waals surface area contributed by atoms with Crippen molar-refractivity contribution >= 4 is 28.1 Å². The quantitative estimate of drug-likeness (QED) is 0.689. The maximum Gasteiger partial charge on any atom is 0.415 e. The highest BCUT2D eigenvalue weighted by molar-refractivity contribution is 9.10. The molecule has 2 rings (SSSR count). The Kier molecular flexibility index (Phi) is 6.55. The molecule has 1 aliphatic heterocycles. The fraction of sp³-hybridized carbons (Fsp3) is 0.579. The van der Waals surface area contributed by atoms with Crippen molar-refractivity contribution in [3.8, 4) is 5.75 Å². The van der Waals surface area contributed by atoms with Gasteiger partial charge in [0.15, 0.2) is 0 Å². The van der Waals surface area contributed by atoms with Crippen molar-refractivity contribution in [3.63, 3.8) is 0 Å². The van der Waals surface area contributed by atoms with Gasteiger partial charge in [-0.3, -0.25) is 0 Å². The van der Waals surface area contributed by atoms with Crippen molar-refractivity contribution in [1.29, 1.82) is 0 Å². The third-order valence-corrected chi connectivity index (χ3v) is 4.86. The standard InChI is InChI=1S/C19H27BrN2O4/c1-6-14-12-21(18(24)26-19(3,4)5)13(2)11-22(14)17(23)25-16-10-8-7-9-15(16)20/h7-10,13-14H,6,11-12H2,1-5H3. The number of carbonyl (C=O) groups is 2. The summed E-state index contributed by atoms with van der Waals surface area (Å²) >= 11 is 3.38. The van der Waals surface area contributed by atoms with E-state index in [9.17, 15) is 9.59 Å². The number of amides is 2. The number of carbonyl (C=O) groups excluding carboxylic acids is 2. The van der Waals surface area contributed by atoms with Crippen LogP contribution in [-0.4, -0.2) is 52.8 Å². The molecule has 2 atom stereocenters. The largest absolute Gasteiger partial charge is 0.444 e. The van der Waals surface area contributed by atoms with Crippen molar-refractivity contribution in [1.82, 2.24) is 9.80 Å². The van der Waals surface area contributed by atoms with Gasteiger partial charge < -0.3 is 19.3 Å². The molecule has 1 saturated heterocycles. The lowest BCUT2D eigenvalue weighted by atomic mass is 10.1. The van der Waals surface area contributed by atoms with Crippen molar-refractivity contribution in [3.05, 3.63) is 28.7 Å². The van der Waals surface area contributed by atoms with Crippen LogP contribution in [0.4, 0.5) is 9.59 Å². The molecule has 1 aromatic rings. The Morgan fingerprint density at radius 3 is 2.38 bits per heavy atom. The Hall–Kier alpha value is -1.76. The maximum absolute atomic E-state index is 12.7. The predicted molar refractivity (Wildman–Crippen MR) is 103 cm³/mol. The van der Waals surface area contributed by atoms with Gasteiger partial charge in [0.05, 0.1) is 16.6 Å². The van der Waals surface area contributed by atoms with E-state index in [-0.39, 0.29) is 18.2 Å². The van der Waals surface area contributed by atoms with E-state index in [4.69, 9.17) is 9.47 Å². The van der Waals surface area contributed by atoms with Gasteiger partial charge in [-0.15, -0.1) is 0 Å². The Balaban J connectivity index is 2.09. The van der Waals surface area contributed by atoms with Crippen molar-refractivity contribution in [2.45, 2.75) is 58.7 Å². The van der Waals surface area contributed by atoms with Crippen molar-refractivity contribution < 1.29 is 19.1 Å². The van der Waals surface area contributed by atoms with Crippen LogP contribution in [0.15, 0.2) is 28.7 Å². The Morgan fingerprint density at radius 2 is 1.81 bits per heavy atom. The molecule has 0 aromatic heterocycles. The zero-order chi connectivity index (χ0) is 19.5. The minimum Gasteiger partial charge on any atom is -0.444 e. The fourth-order valence-corrected chi connectivity index (χ4v) is 3.23. The summed E-state index contributed by atoms with van der Waals surface area (Å²) in [6, 6.07) is 6.96. The highest BCUT2D eigenvalue weighted by Gasteiger charge is 2.38. The molecule has 0 aliphatic carbocycles. The summed E-state index contributed by atoms with van der Waals surface area (Å²) in [6.45, 7) is 10.3. The lowest BCUT2D eigenvalue weighted by molar-refractivity contribution is -0.00927. The van der Waals surface area contributed by atoms with Crippen LogP contribution in [0, 0.1) is 0 Å². The highest BCUT2D eigenvalue weighted by Crippen LogP contribution is 2.26. The molecule has 2 unspecified atom stereocenters. The SMILES string of the molecule is CCC1CN(C(=O)OC(C)(C)C)C(C)CN1C(=O)Oc1ccccc1Br. The number of nitrogens with zero attached hydrogens (tertiary/aromatic N) is 2. The average Bonchev–Trinajstić information content (AvgIpc) is 2.55. The Bertz CT molecular complexity index is 659. The fourth-order valence-electron chi connectivity index (χ4n) is 2.87. The number of benzene rings is 1. The van der Waals surface area contributed by atoms with E-state index in [1.807, 2.05) is 52.8 Å². The van der Waals surface area contributed by atoms with Crippen LogP contribution < -0.4 is 4.74 Å². The summed E-state index contributed by atoms with van der Waals surface area (Å²) in [4.78, 5) is 28.5. The van der Waals surface area contributed by atoms with Crippen LogP contribution in [-0.2, 0) is 4.74 Å². The van der Waals surface area contributed by atoms with Gasteiger partial charge in [-0.25, -0.2) is 9.59 Å². The number of halogens is 1. The number of ether oxygens (including phenoxy) is 2. The number of piperazine rings is 1. The molecule has 1 aromatic carbocycles. The van der Waals surface area contributed by atoms with Crippen LogP contribution >= 0.6 is 15.9 Å². The summed E-state index contributed by atoms with van der Waals surface area (Å²) in [5.74, 6) is 0.481. The zero-order valence-electron chi connectivity index (χ0n) is 16.0. The Labute approximate surface area is 163 Å². The molecule has 0 N–H and O–H groups in total. The molecule has 7 heteroatoms. The second kappa shape index (κ2) is 8.29. The molecule has 1 aliphatic rings. The van der Waals surface area contributed by atoms with E-state index in [1.165, 1.54) is 0 Å². The molecule has 0 bridgehead atoms. The molecule has 144 valence electrons. The minimum atomic E-state index is -0.547. The van der Waals surface area contributed by atoms with Gasteiger partial charge in [-0.2, -0.15) is 0 Å². The van der Waals surface area contributed by atoms with E-state index in [2.05, 4.69) is 15.9 Å². The molecule has 1 fully saturated rings. The maximum atomic E-state index is 12.7. The van der Waals surface area contributed by atoms with Gasteiger partial charge in [0.25, 0.3) is 0 Å². The van der Waals surface area contributed by atoms with Gasteiger partial charge in [-0.05, 0) is 62.2 Å². The third kappa shape index (κ3) is 5.13. The first kappa shape index (κ1) is 20.6. The zero-order valence-corrected chi connectivity index (χ0v) is 17.6. The third-order valence-electron chi connectivity index (χ3n) is 4.21. The highest BCUT2D eigenvalue weighted by atomic mass is 79.9. The molecular weight excluding hydrogens is 400 g/mol. The van der Waals surface area contributed by atoms with Crippen LogP contribution in [0.5, 0.6) is 5.75 Å². The number of rotatable bonds is 2.